The van der Waals surface area contributed by atoms with Crippen molar-refractivity contribution >= 4 is 11.8 Å². The molecule has 6 nitrogen and oxygen atoms in total. The summed E-state index contributed by atoms with van der Waals surface area (Å²) in [6, 6.07) is 4.82. The van der Waals surface area contributed by atoms with Gasteiger partial charge >= 0.3 is 0 Å². The highest BCUT2D eigenvalue weighted by Gasteiger charge is 2.33. The standard InChI is InChI=1S/C19H29N3O3/c1-19(2,3)16(20)18(24)22-9-7-12(8-10-22)15-11-13(25-4)5-6-14(15)17(21)23/h5-6,11-12,16H,7-10,20H2,1-4H3,(H2,21,23)/t16-/m1/s1. The third-order valence-corrected chi connectivity index (χ3v) is 4.97. The summed E-state index contributed by atoms with van der Waals surface area (Å²) in [5.41, 5.74) is 12.8. The number of rotatable bonds is 4. The number of nitrogens with two attached hydrogens (primary N) is 2. The van der Waals surface area contributed by atoms with Crippen LogP contribution in [0.15, 0.2) is 18.2 Å². The second-order valence-corrected chi connectivity index (χ2v) is 7.76. The average Bonchev–Trinajstić information content (AvgIpc) is 2.59. The van der Waals surface area contributed by atoms with Crippen molar-refractivity contribution in [3.63, 3.8) is 0 Å². The predicted octanol–water partition coefficient (Wildman–Crippen LogP) is 1.87. The van der Waals surface area contributed by atoms with Gasteiger partial charge in [0.2, 0.25) is 11.8 Å². The summed E-state index contributed by atoms with van der Waals surface area (Å²) in [5.74, 6) is 0.429. The number of ether oxygens (including phenoxy) is 1. The van der Waals surface area contributed by atoms with E-state index in [0.29, 0.717) is 24.4 Å². The SMILES string of the molecule is COc1ccc(C(N)=O)c(C2CCN(C(=O)[C@@H](N)C(C)(C)C)CC2)c1. The highest BCUT2D eigenvalue weighted by Crippen LogP contribution is 2.33. The second-order valence-electron chi connectivity index (χ2n) is 7.76. The van der Waals surface area contributed by atoms with Crippen LogP contribution in [0.2, 0.25) is 0 Å². The number of hydrogen-bond donors (Lipinski definition) is 2. The maximum Gasteiger partial charge on any atom is 0.248 e. The van der Waals surface area contributed by atoms with Gasteiger partial charge in [-0.3, -0.25) is 9.59 Å². The van der Waals surface area contributed by atoms with Crippen molar-refractivity contribution in [1.82, 2.24) is 4.90 Å². The molecule has 0 aromatic heterocycles. The Balaban J connectivity index is 2.12. The summed E-state index contributed by atoms with van der Waals surface area (Å²) in [7, 11) is 1.60. The normalized spacial score (nSPS) is 17.2. The molecular formula is C19H29N3O3. The second kappa shape index (κ2) is 7.44. The zero-order valence-electron chi connectivity index (χ0n) is 15.5. The molecule has 4 N–H and O–H groups in total. The number of carbonyl (C=O) groups excluding carboxylic acids is 2. The summed E-state index contributed by atoms with van der Waals surface area (Å²) in [5, 5.41) is 0. The fourth-order valence-electron chi connectivity index (χ4n) is 3.21. The highest BCUT2D eigenvalue weighted by molar-refractivity contribution is 5.94. The third-order valence-electron chi connectivity index (χ3n) is 4.97. The number of benzene rings is 1. The number of amides is 2. The van der Waals surface area contributed by atoms with Crippen LogP contribution in [0.5, 0.6) is 5.75 Å². The molecule has 1 fully saturated rings. The molecule has 0 saturated carbocycles. The van der Waals surface area contributed by atoms with Gasteiger partial charge in [0.1, 0.15) is 5.75 Å². The van der Waals surface area contributed by atoms with E-state index < -0.39 is 11.9 Å². The lowest BCUT2D eigenvalue weighted by atomic mass is 9.84. The number of piperidine rings is 1. The van der Waals surface area contributed by atoms with Crippen molar-refractivity contribution < 1.29 is 14.3 Å². The first kappa shape index (κ1) is 19.2. The van der Waals surface area contributed by atoms with Gasteiger partial charge in [-0.25, -0.2) is 0 Å². The van der Waals surface area contributed by atoms with E-state index in [-0.39, 0.29) is 17.2 Å². The van der Waals surface area contributed by atoms with Crippen LogP contribution in [0.25, 0.3) is 0 Å². The minimum absolute atomic E-state index is 0.00767. The summed E-state index contributed by atoms with van der Waals surface area (Å²) in [6.07, 6.45) is 1.55. The molecular weight excluding hydrogens is 318 g/mol. The van der Waals surface area contributed by atoms with Crippen molar-refractivity contribution in [3.05, 3.63) is 29.3 Å². The Morgan fingerprint density at radius 2 is 1.84 bits per heavy atom. The van der Waals surface area contributed by atoms with E-state index >= 15 is 0 Å². The maximum atomic E-state index is 12.6. The number of methoxy groups -OCH3 is 1. The molecule has 1 aliphatic rings. The van der Waals surface area contributed by atoms with Crippen LogP contribution in [0, 0.1) is 5.41 Å². The summed E-state index contributed by atoms with van der Waals surface area (Å²) >= 11 is 0. The number of nitrogens with zero attached hydrogens (tertiary/aromatic N) is 1. The number of carbonyl (C=O) groups is 2. The Kier molecular flexibility index (Phi) is 5.72. The van der Waals surface area contributed by atoms with Crippen molar-refractivity contribution in [3.8, 4) is 5.75 Å². The molecule has 1 atom stereocenters. The fraction of sp³-hybridized carbons (Fsp3) is 0.579. The Morgan fingerprint density at radius 1 is 1.24 bits per heavy atom. The van der Waals surface area contributed by atoms with Gasteiger partial charge < -0.3 is 21.1 Å². The average molecular weight is 347 g/mol. The highest BCUT2D eigenvalue weighted by atomic mass is 16.5. The molecule has 138 valence electrons. The van der Waals surface area contributed by atoms with Gasteiger partial charge in [0.15, 0.2) is 0 Å². The van der Waals surface area contributed by atoms with Crippen molar-refractivity contribution in [2.24, 2.45) is 16.9 Å². The quantitative estimate of drug-likeness (QED) is 0.868. The van der Waals surface area contributed by atoms with Gasteiger partial charge in [0.05, 0.1) is 13.2 Å². The lowest BCUT2D eigenvalue weighted by Gasteiger charge is -2.37. The number of likely N-dealkylation sites (tertiary alicyclic amines) is 1. The monoisotopic (exact) mass is 347 g/mol. The van der Waals surface area contributed by atoms with Crippen molar-refractivity contribution in [1.29, 1.82) is 0 Å². The topological polar surface area (TPSA) is 98.6 Å². The zero-order chi connectivity index (χ0) is 18.8. The Hall–Kier alpha value is -2.08. The van der Waals surface area contributed by atoms with E-state index in [4.69, 9.17) is 16.2 Å². The molecule has 1 heterocycles. The first-order chi connectivity index (χ1) is 11.6. The van der Waals surface area contributed by atoms with Crippen LogP contribution < -0.4 is 16.2 Å². The number of hydrogen-bond acceptors (Lipinski definition) is 4. The van der Waals surface area contributed by atoms with E-state index in [0.717, 1.165) is 18.4 Å². The first-order valence-electron chi connectivity index (χ1n) is 8.67. The Morgan fingerprint density at radius 3 is 2.32 bits per heavy atom. The lowest BCUT2D eigenvalue weighted by molar-refractivity contribution is -0.136. The van der Waals surface area contributed by atoms with E-state index in [2.05, 4.69) is 0 Å². The summed E-state index contributed by atoms with van der Waals surface area (Å²) in [6.45, 7) is 7.17. The van der Waals surface area contributed by atoms with E-state index in [1.54, 1.807) is 19.2 Å². The van der Waals surface area contributed by atoms with Crippen LogP contribution in [0.3, 0.4) is 0 Å². The van der Waals surface area contributed by atoms with Gasteiger partial charge in [-0.05, 0) is 47.9 Å². The van der Waals surface area contributed by atoms with Gasteiger partial charge in [-0.2, -0.15) is 0 Å². The molecule has 2 rings (SSSR count). The number of primary amides is 1. The van der Waals surface area contributed by atoms with Crippen molar-refractivity contribution in [2.75, 3.05) is 20.2 Å². The largest absolute Gasteiger partial charge is 0.497 e. The minimum atomic E-state index is -0.512. The van der Waals surface area contributed by atoms with Gasteiger partial charge in [0, 0.05) is 18.7 Å². The Labute approximate surface area is 149 Å². The van der Waals surface area contributed by atoms with E-state index in [1.807, 2.05) is 31.7 Å². The van der Waals surface area contributed by atoms with Gasteiger partial charge in [-0.1, -0.05) is 20.8 Å². The minimum Gasteiger partial charge on any atom is -0.497 e. The molecule has 25 heavy (non-hydrogen) atoms. The molecule has 1 aromatic carbocycles. The smallest absolute Gasteiger partial charge is 0.248 e. The molecule has 6 heteroatoms. The third kappa shape index (κ3) is 4.31. The first-order valence-corrected chi connectivity index (χ1v) is 8.67. The van der Waals surface area contributed by atoms with E-state index in [9.17, 15) is 9.59 Å². The lowest BCUT2D eigenvalue weighted by Crippen LogP contribution is -2.52. The fourth-order valence-corrected chi connectivity index (χ4v) is 3.21. The van der Waals surface area contributed by atoms with Crippen LogP contribution in [-0.2, 0) is 4.79 Å². The maximum absolute atomic E-state index is 12.6. The molecule has 0 aliphatic carbocycles. The summed E-state index contributed by atoms with van der Waals surface area (Å²) < 4.78 is 5.28. The summed E-state index contributed by atoms with van der Waals surface area (Å²) in [4.78, 5) is 26.1. The predicted molar refractivity (Wildman–Crippen MR) is 97.5 cm³/mol. The molecule has 0 spiro atoms. The van der Waals surface area contributed by atoms with Crippen LogP contribution in [0.1, 0.15) is 55.5 Å². The molecule has 0 unspecified atom stereocenters. The molecule has 1 saturated heterocycles. The van der Waals surface area contributed by atoms with Crippen molar-refractivity contribution in [2.45, 2.75) is 45.6 Å². The van der Waals surface area contributed by atoms with Gasteiger partial charge in [0.25, 0.3) is 0 Å². The molecule has 1 aliphatic heterocycles. The Bertz CT molecular complexity index is 644. The molecule has 0 radical (unpaired) electrons. The van der Waals surface area contributed by atoms with Crippen LogP contribution in [-0.4, -0.2) is 43.0 Å². The van der Waals surface area contributed by atoms with Crippen LogP contribution >= 0.6 is 0 Å². The molecule has 1 aromatic rings. The molecule has 0 bridgehead atoms. The zero-order valence-corrected chi connectivity index (χ0v) is 15.5. The van der Waals surface area contributed by atoms with Gasteiger partial charge in [-0.15, -0.1) is 0 Å². The molecule has 2 amide bonds. The van der Waals surface area contributed by atoms with E-state index in [1.165, 1.54) is 0 Å². The van der Waals surface area contributed by atoms with Crippen LogP contribution in [0.4, 0.5) is 0 Å².